The van der Waals surface area contributed by atoms with Crippen molar-refractivity contribution in [3.05, 3.63) is 60.8 Å². The van der Waals surface area contributed by atoms with Crippen molar-refractivity contribution < 1.29 is 28.6 Å². The van der Waals surface area contributed by atoms with E-state index in [0.717, 1.165) is 96.3 Å². The standard InChI is InChI=1S/C74H134O6/c1-4-7-10-13-16-19-22-25-27-29-31-33-35-36-37-38-40-41-43-45-47-49-52-55-58-61-64-67-73(76)79-70-71(69-78-72(75)66-63-60-57-54-51-24-21-18-15-12-9-6-3)80-74(77)68-65-62-59-56-53-50-48-46-44-42-39-34-32-30-28-26-23-20-17-14-11-8-5-2/h8,11,17,20,26,28,32,34,42,44,71H,4-7,9-10,12-16,18-19,21-25,27,29-31,33,35-41,43,45-70H2,1-3H3/b11-8-,20-17-,28-26-,34-32-,44-42-. The zero-order valence-corrected chi connectivity index (χ0v) is 53.6. The molecule has 0 bridgehead atoms. The molecule has 0 rings (SSSR count). The highest BCUT2D eigenvalue weighted by Gasteiger charge is 2.19. The summed E-state index contributed by atoms with van der Waals surface area (Å²) in [5.41, 5.74) is 0. The zero-order valence-electron chi connectivity index (χ0n) is 53.6. The molecule has 80 heavy (non-hydrogen) atoms. The Morgan fingerprint density at radius 2 is 0.487 bits per heavy atom. The average molecular weight is 1120 g/mol. The van der Waals surface area contributed by atoms with Gasteiger partial charge in [-0.1, -0.05) is 351 Å². The molecule has 0 amide bonds. The van der Waals surface area contributed by atoms with Crippen LogP contribution in [0.15, 0.2) is 60.8 Å². The summed E-state index contributed by atoms with van der Waals surface area (Å²) in [6.45, 7) is 6.58. The summed E-state index contributed by atoms with van der Waals surface area (Å²) in [7, 11) is 0. The number of carbonyl (C=O) groups is 3. The van der Waals surface area contributed by atoms with E-state index in [2.05, 4.69) is 81.5 Å². The van der Waals surface area contributed by atoms with Gasteiger partial charge in [-0.25, -0.2) is 0 Å². The van der Waals surface area contributed by atoms with Crippen molar-refractivity contribution in [2.75, 3.05) is 13.2 Å². The van der Waals surface area contributed by atoms with E-state index in [1.807, 2.05) is 0 Å². The monoisotopic (exact) mass is 1120 g/mol. The predicted molar refractivity (Wildman–Crippen MR) is 348 cm³/mol. The summed E-state index contributed by atoms with van der Waals surface area (Å²) < 4.78 is 17.0. The molecule has 0 aliphatic rings. The summed E-state index contributed by atoms with van der Waals surface area (Å²) in [4.78, 5) is 38.4. The summed E-state index contributed by atoms with van der Waals surface area (Å²) in [6.07, 6.45) is 88.3. The van der Waals surface area contributed by atoms with Gasteiger partial charge in [-0.15, -0.1) is 0 Å². The topological polar surface area (TPSA) is 78.9 Å². The lowest BCUT2D eigenvalue weighted by molar-refractivity contribution is -0.167. The van der Waals surface area contributed by atoms with E-state index in [0.29, 0.717) is 19.3 Å². The lowest BCUT2D eigenvalue weighted by Gasteiger charge is -2.18. The molecule has 0 heterocycles. The van der Waals surface area contributed by atoms with Crippen LogP contribution in [0.2, 0.25) is 0 Å². The van der Waals surface area contributed by atoms with Gasteiger partial charge in [-0.2, -0.15) is 0 Å². The Morgan fingerprint density at radius 1 is 0.263 bits per heavy atom. The van der Waals surface area contributed by atoms with Crippen molar-refractivity contribution in [1.82, 2.24) is 0 Å². The second kappa shape index (κ2) is 68.6. The maximum absolute atomic E-state index is 12.9. The number of ether oxygens (including phenoxy) is 3. The van der Waals surface area contributed by atoms with Crippen molar-refractivity contribution in [3.63, 3.8) is 0 Å². The number of unbranched alkanes of at least 4 members (excludes halogenated alkanes) is 44. The van der Waals surface area contributed by atoms with Crippen LogP contribution in [0, 0.1) is 0 Å². The van der Waals surface area contributed by atoms with Crippen LogP contribution in [0.25, 0.3) is 0 Å². The molecule has 6 nitrogen and oxygen atoms in total. The number of allylic oxidation sites excluding steroid dienone is 10. The third-order valence-corrected chi connectivity index (χ3v) is 15.8. The van der Waals surface area contributed by atoms with Crippen molar-refractivity contribution in [1.29, 1.82) is 0 Å². The summed E-state index contributed by atoms with van der Waals surface area (Å²) in [6, 6.07) is 0. The number of hydrogen-bond donors (Lipinski definition) is 0. The van der Waals surface area contributed by atoms with Gasteiger partial charge in [0, 0.05) is 19.3 Å². The molecule has 0 aliphatic carbocycles. The molecule has 466 valence electrons. The molecule has 0 saturated heterocycles. The van der Waals surface area contributed by atoms with E-state index < -0.39 is 6.10 Å². The van der Waals surface area contributed by atoms with Gasteiger partial charge in [0.2, 0.25) is 0 Å². The fourth-order valence-corrected chi connectivity index (χ4v) is 10.5. The van der Waals surface area contributed by atoms with Gasteiger partial charge in [0.25, 0.3) is 0 Å². The van der Waals surface area contributed by atoms with Crippen LogP contribution in [-0.2, 0) is 28.6 Å². The zero-order chi connectivity index (χ0) is 57.8. The second-order valence-electron chi connectivity index (χ2n) is 23.8. The first-order chi connectivity index (χ1) is 39.5. The predicted octanol–water partition coefficient (Wildman–Crippen LogP) is 24.3. The Bertz CT molecular complexity index is 1430. The van der Waals surface area contributed by atoms with Crippen molar-refractivity contribution in [2.24, 2.45) is 0 Å². The Balaban J connectivity index is 4.23. The molecule has 1 atom stereocenters. The minimum absolute atomic E-state index is 0.0738. The Labute approximate surface area is 498 Å². The Kier molecular flexibility index (Phi) is 66.1. The second-order valence-corrected chi connectivity index (χ2v) is 23.8. The summed E-state index contributed by atoms with van der Waals surface area (Å²) in [5, 5.41) is 0. The van der Waals surface area contributed by atoms with Crippen molar-refractivity contribution in [2.45, 2.75) is 380 Å². The first-order valence-electron chi connectivity index (χ1n) is 35.3. The van der Waals surface area contributed by atoms with Crippen LogP contribution in [0.4, 0.5) is 0 Å². The van der Waals surface area contributed by atoms with E-state index in [-0.39, 0.29) is 31.1 Å². The van der Waals surface area contributed by atoms with Crippen molar-refractivity contribution >= 4 is 17.9 Å². The molecule has 0 aromatic rings. The largest absolute Gasteiger partial charge is 0.462 e. The fraction of sp³-hybridized carbons (Fsp3) is 0.824. The van der Waals surface area contributed by atoms with Gasteiger partial charge in [0.15, 0.2) is 6.10 Å². The van der Waals surface area contributed by atoms with Crippen LogP contribution < -0.4 is 0 Å². The molecule has 0 aliphatic heterocycles. The number of rotatable bonds is 65. The molecule has 0 fully saturated rings. The lowest BCUT2D eigenvalue weighted by Crippen LogP contribution is -2.30. The molecule has 0 aromatic heterocycles. The van der Waals surface area contributed by atoms with E-state index in [4.69, 9.17) is 14.2 Å². The molecule has 1 unspecified atom stereocenters. The van der Waals surface area contributed by atoms with Gasteiger partial charge >= 0.3 is 17.9 Å². The number of hydrogen-bond acceptors (Lipinski definition) is 6. The summed E-state index contributed by atoms with van der Waals surface area (Å²) in [5.74, 6) is -0.861. The molecule has 0 N–H and O–H groups in total. The van der Waals surface area contributed by atoms with E-state index in [9.17, 15) is 14.4 Å². The highest BCUT2D eigenvalue weighted by molar-refractivity contribution is 5.71. The number of esters is 3. The molecule has 6 heteroatoms. The third-order valence-electron chi connectivity index (χ3n) is 15.8. The van der Waals surface area contributed by atoms with Crippen LogP contribution in [-0.4, -0.2) is 37.2 Å². The molecule has 0 aromatic carbocycles. The quantitative estimate of drug-likeness (QED) is 0.0261. The minimum Gasteiger partial charge on any atom is -0.462 e. The van der Waals surface area contributed by atoms with Crippen LogP contribution in [0.5, 0.6) is 0 Å². The van der Waals surface area contributed by atoms with Gasteiger partial charge in [-0.3, -0.25) is 14.4 Å². The lowest BCUT2D eigenvalue weighted by atomic mass is 10.0. The van der Waals surface area contributed by atoms with E-state index >= 15 is 0 Å². The van der Waals surface area contributed by atoms with E-state index in [1.165, 1.54) is 238 Å². The van der Waals surface area contributed by atoms with Crippen LogP contribution in [0.3, 0.4) is 0 Å². The third kappa shape index (κ3) is 65.9. The minimum atomic E-state index is -0.779. The average Bonchev–Trinajstić information content (AvgIpc) is 3.46. The van der Waals surface area contributed by atoms with Crippen LogP contribution >= 0.6 is 0 Å². The molecular formula is C74H134O6. The van der Waals surface area contributed by atoms with Crippen LogP contribution in [0.1, 0.15) is 374 Å². The molecule has 0 saturated carbocycles. The maximum atomic E-state index is 12.9. The highest BCUT2D eigenvalue weighted by atomic mass is 16.6. The Hall–Kier alpha value is -2.89. The van der Waals surface area contributed by atoms with Gasteiger partial charge in [0.1, 0.15) is 13.2 Å². The Morgan fingerprint density at radius 3 is 0.762 bits per heavy atom. The van der Waals surface area contributed by atoms with Crippen molar-refractivity contribution in [3.8, 4) is 0 Å². The maximum Gasteiger partial charge on any atom is 0.306 e. The van der Waals surface area contributed by atoms with E-state index in [1.54, 1.807) is 0 Å². The highest BCUT2D eigenvalue weighted by Crippen LogP contribution is 2.18. The van der Waals surface area contributed by atoms with Gasteiger partial charge in [0.05, 0.1) is 0 Å². The SMILES string of the molecule is CC/C=C\C/C=C\C/C=C\C/C=C\C/C=C\CCCCCCCCCC(=O)OC(COC(=O)CCCCCCCCCCCCCC)COC(=O)CCCCCCCCCCCCCCCCCCCCCCCCCCCCC. The summed E-state index contributed by atoms with van der Waals surface area (Å²) >= 11 is 0. The smallest absolute Gasteiger partial charge is 0.306 e. The molecular weight excluding hydrogens is 985 g/mol. The van der Waals surface area contributed by atoms with Gasteiger partial charge < -0.3 is 14.2 Å². The normalized spacial score (nSPS) is 12.4. The first-order valence-corrected chi connectivity index (χ1v) is 35.3. The fourth-order valence-electron chi connectivity index (χ4n) is 10.5. The molecule has 0 radical (unpaired) electrons. The number of carbonyl (C=O) groups excluding carboxylic acids is 3. The van der Waals surface area contributed by atoms with Gasteiger partial charge in [-0.05, 0) is 64.2 Å². The first kappa shape index (κ1) is 77.1. The molecule has 0 spiro atoms.